The van der Waals surface area contributed by atoms with Crippen LogP contribution in [0.25, 0.3) is 5.76 Å². The Morgan fingerprint density at radius 2 is 1.62 bits per heavy atom. The Kier molecular flexibility index (Phi) is 6.28. The zero-order valence-electron chi connectivity index (χ0n) is 17.5. The van der Waals surface area contributed by atoms with Crippen LogP contribution in [-0.4, -0.2) is 35.4 Å². The Bertz CT molecular complexity index is 1150. The van der Waals surface area contributed by atoms with Crippen molar-refractivity contribution in [1.82, 2.24) is 4.90 Å². The number of benzene rings is 3. The number of ketones is 1. The van der Waals surface area contributed by atoms with Gasteiger partial charge in [-0.15, -0.1) is 0 Å². The van der Waals surface area contributed by atoms with Crippen molar-refractivity contribution in [2.24, 2.45) is 0 Å². The third-order valence-corrected chi connectivity index (χ3v) is 5.83. The number of Topliss-reactive ketones (excluding diaryl/α,β-unsaturated/α-hetero) is 1. The summed E-state index contributed by atoms with van der Waals surface area (Å²) in [6.45, 7) is 0.335. The molecule has 3 aromatic carbocycles. The highest BCUT2D eigenvalue weighted by Crippen LogP contribution is 2.39. The van der Waals surface area contributed by atoms with Gasteiger partial charge < -0.3 is 14.7 Å². The highest BCUT2D eigenvalue weighted by molar-refractivity contribution is 6.46. The molecule has 1 aliphatic heterocycles. The molecule has 0 spiro atoms. The van der Waals surface area contributed by atoms with Crippen LogP contribution in [0.1, 0.15) is 22.7 Å². The van der Waals surface area contributed by atoms with Gasteiger partial charge in [0.15, 0.2) is 0 Å². The lowest BCUT2D eigenvalue weighted by Crippen LogP contribution is -2.31. The number of aliphatic hydroxyl groups excluding tert-OH is 1. The van der Waals surface area contributed by atoms with Gasteiger partial charge in [-0.3, -0.25) is 9.59 Å². The Morgan fingerprint density at radius 3 is 2.25 bits per heavy atom. The van der Waals surface area contributed by atoms with Gasteiger partial charge in [-0.25, -0.2) is 0 Å². The fourth-order valence-electron chi connectivity index (χ4n) is 3.90. The molecule has 1 aliphatic rings. The zero-order valence-corrected chi connectivity index (χ0v) is 18.3. The van der Waals surface area contributed by atoms with Gasteiger partial charge in [-0.05, 0) is 53.9 Å². The molecule has 0 saturated carbocycles. The average Bonchev–Trinajstić information content (AvgIpc) is 3.08. The third kappa shape index (κ3) is 4.25. The topological polar surface area (TPSA) is 66.8 Å². The van der Waals surface area contributed by atoms with Crippen LogP contribution in [0, 0.1) is 0 Å². The summed E-state index contributed by atoms with van der Waals surface area (Å²) >= 11 is 6.06. The standard InChI is InChI=1S/C26H22ClNO4/c1-32-21-13-9-19(10-14-21)24(29)22-23(18-7-11-20(27)12-8-18)28(26(31)25(22)30)16-15-17-5-3-2-4-6-17/h2-14,23,29H,15-16H2,1H3/b24-22+. The van der Waals surface area contributed by atoms with Crippen LogP contribution < -0.4 is 4.74 Å². The van der Waals surface area contributed by atoms with E-state index in [1.807, 2.05) is 30.3 Å². The van der Waals surface area contributed by atoms with Crippen molar-refractivity contribution in [3.63, 3.8) is 0 Å². The second-order valence-corrected chi connectivity index (χ2v) is 7.94. The molecule has 6 heteroatoms. The highest BCUT2D eigenvalue weighted by Gasteiger charge is 2.45. The van der Waals surface area contributed by atoms with Gasteiger partial charge in [-0.1, -0.05) is 54.1 Å². The number of amides is 1. The number of methoxy groups -OCH3 is 1. The van der Waals surface area contributed by atoms with Crippen molar-refractivity contribution in [1.29, 1.82) is 0 Å². The lowest BCUT2D eigenvalue weighted by molar-refractivity contribution is -0.139. The van der Waals surface area contributed by atoms with E-state index in [2.05, 4.69) is 0 Å². The molecular formula is C26H22ClNO4. The molecule has 4 rings (SSSR count). The number of aliphatic hydroxyl groups is 1. The molecule has 0 aromatic heterocycles. The lowest BCUT2D eigenvalue weighted by atomic mass is 9.95. The maximum Gasteiger partial charge on any atom is 0.295 e. The first-order valence-electron chi connectivity index (χ1n) is 10.2. The molecule has 3 aromatic rings. The maximum atomic E-state index is 13.1. The van der Waals surface area contributed by atoms with Crippen LogP contribution in [0.2, 0.25) is 5.02 Å². The quantitative estimate of drug-likeness (QED) is 0.327. The van der Waals surface area contributed by atoms with Crippen LogP contribution in [0.3, 0.4) is 0 Å². The molecule has 1 N–H and O–H groups in total. The number of hydrogen-bond acceptors (Lipinski definition) is 4. The minimum Gasteiger partial charge on any atom is -0.507 e. The number of rotatable bonds is 6. The molecule has 1 atom stereocenters. The van der Waals surface area contributed by atoms with E-state index in [-0.39, 0.29) is 11.3 Å². The first kappa shape index (κ1) is 21.7. The number of ether oxygens (including phenoxy) is 1. The van der Waals surface area contributed by atoms with Crippen LogP contribution in [-0.2, 0) is 16.0 Å². The summed E-state index contributed by atoms with van der Waals surface area (Å²) in [5.41, 5.74) is 2.26. The van der Waals surface area contributed by atoms with Crippen LogP contribution in [0.5, 0.6) is 5.75 Å². The minimum absolute atomic E-state index is 0.0653. The van der Waals surface area contributed by atoms with E-state index in [1.165, 1.54) is 4.90 Å². The van der Waals surface area contributed by atoms with E-state index in [0.29, 0.717) is 34.9 Å². The Labute approximate surface area is 191 Å². The smallest absolute Gasteiger partial charge is 0.295 e. The Hall–Kier alpha value is -3.57. The molecule has 1 amide bonds. The molecule has 162 valence electrons. The summed E-state index contributed by atoms with van der Waals surface area (Å²) in [5, 5.41) is 11.6. The molecular weight excluding hydrogens is 426 g/mol. The van der Waals surface area contributed by atoms with Crippen LogP contribution >= 0.6 is 11.6 Å². The van der Waals surface area contributed by atoms with Crippen molar-refractivity contribution in [2.75, 3.05) is 13.7 Å². The SMILES string of the molecule is COc1ccc(/C(O)=C2\C(=O)C(=O)N(CCc3ccccc3)C2c2ccc(Cl)cc2)cc1. The van der Waals surface area contributed by atoms with Gasteiger partial charge in [0.05, 0.1) is 18.7 Å². The second kappa shape index (κ2) is 9.28. The number of carbonyl (C=O) groups is 2. The van der Waals surface area contributed by atoms with Gasteiger partial charge in [0.1, 0.15) is 11.5 Å². The van der Waals surface area contributed by atoms with E-state index in [9.17, 15) is 14.7 Å². The number of halogens is 1. The summed E-state index contributed by atoms with van der Waals surface area (Å²) in [6.07, 6.45) is 0.584. The predicted molar refractivity (Wildman–Crippen MR) is 124 cm³/mol. The Morgan fingerprint density at radius 1 is 0.969 bits per heavy atom. The number of nitrogens with zero attached hydrogens (tertiary/aromatic N) is 1. The molecule has 0 bridgehead atoms. The lowest BCUT2D eigenvalue weighted by Gasteiger charge is -2.25. The summed E-state index contributed by atoms with van der Waals surface area (Å²) in [4.78, 5) is 27.6. The second-order valence-electron chi connectivity index (χ2n) is 7.51. The summed E-state index contributed by atoms with van der Waals surface area (Å²) in [5.74, 6) is -0.922. The monoisotopic (exact) mass is 447 g/mol. The van der Waals surface area contributed by atoms with Crippen LogP contribution in [0.4, 0.5) is 0 Å². The van der Waals surface area contributed by atoms with E-state index in [1.54, 1.807) is 55.6 Å². The number of carbonyl (C=O) groups excluding carboxylic acids is 2. The molecule has 1 fully saturated rings. The van der Waals surface area contributed by atoms with E-state index in [4.69, 9.17) is 16.3 Å². The summed E-state index contributed by atoms with van der Waals surface area (Å²) in [7, 11) is 1.55. The van der Waals surface area contributed by atoms with E-state index in [0.717, 1.165) is 5.56 Å². The first-order valence-corrected chi connectivity index (χ1v) is 10.6. The molecule has 1 unspecified atom stereocenters. The summed E-state index contributed by atoms with van der Waals surface area (Å²) in [6, 6.07) is 22.7. The van der Waals surface area contributed by atoms with E-state index < -0.39 is 17.7 Å². The van der Waals surface area contributed by atoms with Gasteiger partial charge in [0, 0.05) is 17.1 Å². The third-order valence-electron chi connectivity index (χ3n) is 5.57. The van der Waals surface area contributed by atoms with Crippen molar-refractivity contribution < 1.29 is 19.4 Å². The van der Waals surface area contributed by atoms with Gasteiger partial charge >= 0.3 is 0 Å². The summed E-state index contributed by atoms with van der Waals surface area (Å²) < 4.78 is 5.17. The van der Waals surface area contributed by atoms with Crippen molar-refractivity contribution in [3.05, 3.63) is 106 Å². The zero-order chi connectivity index (χ0) is 22.7. The molecule has 0 radical (unpaired) electrons. The van der Waals surface area contributed by atoms with Crippen LogP contribution in [0.15, 0.2) is 84.4 Å². The van der Waals surface area contributed by atoms with Gasteiger partial charge in [-0.2, -0.15) is 0 Å². The molecule has 1 saturated heterocycles. The molecule has 32 heavy (non-hydrogen) atoms. The molecule has 1 heterocycles. The van der Waals surface area contributed by atoms with Gasteiger partial charge in [0.25, 0.3) is 11.7 Å². The number of likely N-dealkylation sites (tertiary alicyclic amines) is 1. The highest BCUT2D eigenvalue weighted by atomic mass is 35.5. The normalized spacial score (nSPS) is 17.6. The maximum absolute atomic E-state index is 13.1. The van der Waals surface area contributed by atoms with E-state index >= 15 is 0 Å². The fraction of sp³-hybridized carbons (Fsp3) is 0.154. The number of hydrogen-bond donors (Lipinski definition) is 1. The van der Waals surface area contributed by atoms with Gasteiger partial charge in [0.2, 0.25) is 0 Å². The molecule has 0 aliphatic carbocycles. The molecule has 5 nitrogen and oxygen atoms in total. The Balaban J connectivity index is 1.77. The first-order chi connectivity index (χ1) is 15.5. The largest absolute Gasteiger partial charge is 0.507 e. The van der Waals surface area contributed by atoms with Crippen molar-refractivity contribution in [3.8, 4) is 5.75 Å². The van der Waals surface area contributed by atoms with Crippen molar-refractivity contribution in [2.45, 2.75) is 12.5 Å². The average molecular weight is 448 g/mol. The van der Waals surface area contributed by atoms with Crippen molar-refractivity contribution >= 4 is 29.1 Å². The fourth-order valence-corrected chi connectivity index (χ4v) is 4.03. The minimum atomic E-state index is -0.710. The predicted octanol–water partition coefficient (Wildman–Crippen LogP) is 5.01.